The van der Waals surface area contributed by atoms with Crippen LogP contribution in [0.1, 0.15) is 24.0 Å². The van der Waals surface area contributed by atoms with Gasteiger partial charge in [0.25, 0.3) is 0 Å². The van der Waals surface area contributed by atoms with Gasteiger partial charge in [-0.3, -0.25) is 4.98 Å². The van der Waals surface area contributed by atoms with Crippen LogP contribution in [0, 0.1) is 6.07 Å². The van der Waals surface area contributed by atoms with E-state index in [1.807, 2.05) is 91.0 Å². The van der Waals surface area contributed by atoms with Crippen molar-refractivity contribution in [3.05, 3.63) is 157 Å². The van der Waals surface area contributed by atoms with E-state index in [1.165, 1.54) is 5.56 Å². The van der Waals surface area contributed by atoms with E-state index >= 15 is 0 Å². The van der Waals surface area contributed by atoms with Gasteiger partial charge in [0.2, 0.25) is 0 Å². The molecule has 0 saturated carbocycles. The second-order valence-corrected chi connectivity index (χ2v) is 9.63. The fourth-order valence-corrected chi connectivity index (χ4v) is 4.89. The molecule has 0 fully saturated rings. The molecule has 204 valence electrons. The summed E-state index contributed by atoms with van der Waals surface area (Å²) in [5, 5.41) is 10.8. The first kappa shape index (κ1) is 28.0. The number of phenolic OH excluding ortho intramolecular Hbond substituents is 1. The van der Waals surface area contributed by atoms with Gasteiger partial charge in [-0.05, 0) is 65.0 Å². The van der Waals surface area contributed by atoms with E-state index in [0.29, 0.717) is 11.3 Å². The van der Waals surface area contributed by atoms with E-state index in [-0.39, 0.29) is 32.7 Å². The molecular formula is C36H28N3OPt-. The molecule has 1 atom stereocenters. The van der Waals surface area contributed by atoms with Crippen LogP contribution in [0.5, 0.6) is 5.75 Å². The Morgan fingerprint density at radius 1 is 0.683 bits per heavy atom. The molecule has 6 rings (SSSR count). The zero-order valence-corrected chi connectivity index (χ0v) is 24.7. The SMILES string of the molecule is CC(c1ccccc1)c1ccc(O)c(-c2cccc(-c3[c-]c(N(c4ccccc4)c4ccccn4)ccc3)n2)c1.[Pt]. The molecule has 0 aliphatic heterocycles. The number of aromatic hydroxyl groups is 1. The van der Waals surface area contributed by atoms with E-state index in [2.05, 4.69) is 59.3 Å². The van der Waals surface area contributed by atoms with Gasteiger partial charge in [0.15, 0.2) is 0 Å². The summed E-state index contributed by atoms with van der Waals surface area (Å²) in [5.41, 5.74) is 7.23. The van der Waals surface area contributed by atoms with Gasteiger partial charge in [0, 0.05) is 44.4 Å². The summed E-state index contributed by atoms with van der Waals surface area (Å²) >= 11 is 0. The van der Waals surface area contributed by atoms with Crippen LogP contribution in [-0.2, 0) is 21.1 Å². The second-order valence-electron chi connectivity index (χ2n) is 9.63. The van der Waals surface area contributed by atoms with E-state index in [0.717, 1.165) is 34.0 Å². The minimum absolute atomic E-state index is 0. The number of nitrogens with zero attached hydrogens (tertiary/aromatic N) is 3. The van der Waals surface area contributed by atoms with Crippen molar-refractivity contribution in [2.45, 2.75) is 12.8 Å². The number of rotatable bonds is 7. The molecule has 0 amide bonds. The molecule has 0 spiro atoms. The third kappa shape index (κ3) is 6.14. The number of phenols is 1. The quantitative estimate of drug-likeness (QED) is 0.168. The van der Waals surface area contributed by atoms with E-state index in [9.17, 15) is 5.11 Å². The smallest absolute Gasteiger partial charge is 0.136 e. The van der Waals surface area contributed by atoms with Gasteiger partial charge < -0.3 is 10.0 Å². The normalized spacial score (nSPS) is 11.3. The van der Waals surface area contributed by atoms with Crippen LogP contribution in [0.25, 0.3) is 22.5 Å². The van der Waals surface area contributed by atoms with Gasteiger partial charge in [-0.15, -0.1) is 29.8 Å². The van der Waals surface area contributed by atoms with Crippen LogP contribution in [0.2, 0.25) is 0 Å². The summed E-state index contributed by atoms with van der Waals surface area (Å²) in [5.74, 6) is 1.19. The first-order valence-electron chi connectivity index (χ1n) is 13.3. The molecule has 1 unspecified atom stereocenters. The predicted molar refractivity (Wildman–Crippen MR) is 162 cm³/mol. The Hall–Kier alpha value is -4.53. The van der Waals surface area contributed by atoms with Crippen LogP contribution in [-0.4, -0.2) is 15.1 Å². The maximum atomic E-state index is 10.8. The topological polar surface area (TPSA) is 49.2 Å². The van der Waals surface area contributed by atoms with Crippen molar-refractivity contribution in [1.29, 1.82) is 0 Å². The number of para-hydroxylation sites is 1. The fourth-order valence-electron chi connectivity index (χ4n) is 4.89. The molecule has 0 aliphatic carbocycles. The summed E-state index contributed by atoms with van der Waals surface area (Å²) < 4.78 is 0. The molecule has 4 aromatic carbocycles. The van der Waals surface area contributed by atoms with Crippen molar-refractivity contribution in [2.75, 3.05) is 4.90 Å². The van der Waals surface area contributed by atoms with E-state index < -0.39 is 0 Å². The van der Waals surface area contributed by atoms with E-state index in [4.69, 9.17) is 4.98 Å². The molecule has 4 nitrogen and oxygen atoms in total. The van der Waals surface area contributed by atoms with Gasteiger partial charge in [0.05, 0.1) is 5.69 Å². The average molecular weight is 714 g/mol. The van der Waals surface area contributed by atoms with Crippen molar-refractivity contribution >= 4 is 17.2 Å². The maximum absolute atomic E-state index is 10.8. The Morgan fingerprint density at radius 3 is 2.15 bits per heavy atom. The molecular weight excluding hydrogens is 685 g/mol. The predicted octanol–water partition coefficient (Wildman–Crippen LogP) is 8.94. The average Bonchev–Trinajstić information content (AvgIpc) is 3.03. The Bertz CT molecular complexity index is 1690. The minimum atomic E-state index is 0. The Morgan fingerprint density at radius 2 is 1.39 bits per heavy atom. The van der Waals surface area contributed by atoms with Gasteiger partial charge in [0.1, 0.15) is 11.6 Å². The molecule has 0 saturated heterocycles. The summed E-state index contributed by atoms with van der Waals surface area (Å²) in [4.78, 5) is 11.6. The van der Waals surface area contributed by atoms with Crippen molar-refractivity contribution in [1.82, 2.24) is 9.97 Å². The molecule has 0 bridgehead atoms. The van der Waals surface area contributed by atoms with Crippen LogP contribution in [0.3, 0.4) is 0 Å². The van der Waals surface area contributed by atoms with Crippen molar-refractivity contribution in [3.63, 3.8) is 0 Å². The zero-order valence-electron chi connectivity index (χ0n) is 22.5. The third-order valence-corrected chi connectivity index (χ3v) is 7.03. The summed E-state index contributed by atoms with van der Waals surface area (Å²) in [6.45, 7) is 2.18. The van der Waals surface area contributed by atoms with Gasteiger partial charge >= 0.3 is 0 Å². The number of hydrogen-bond acceptors (Lipinski definition) is 4. The van der Waals surface area contributed by atoms with Crippen LogP contribution in [0.4, 0.5) is 17.2 Å². The Kier molecular flexibility index (Phi) is 8.72. The Balaban J connectivity index is 0.00000337. The first-order chi connectivity index (χ1) is 19.7. The van der Waals surface area contributed by atoms with Gasteiger partial charge in [-0.2, -0.15) is 0 Å². The van der Waals surface area contributed by atoms with Crippen molar-refractivity contribution in [3.8, 4) is 28.3 Å². The van der Waals surface area contributed by atoms with Crippen LogP contribution in [0.15, 0.2) is 140 Å². The number of pyridine rings is 2. The molecule has 1 N–H and O–H groups in total. The maximum Gasteiger partial charge on any atom is 0.136 e. The first-order valence-corrected chi connectivity index (χ1v) is 13.3. The standard InChI is InChI=1S/C36H28N3O.Pt/c1-26(27-12-4-2-5-13-27)28-21-22-35(40)32(25-28)34-19-11-18-33(38-34)29-14-10-17-31(24-29)39(30-15-6-3-7-16-30)36-20-8-9-23-37-36;/h2-23,25-26,40H,1H3;/q-1;. The summed E-state index contributed by atoms with van der Waals surface area (Å²) in [6.07, 6.45) is 1.79. The molecule has 0 aliphatic rings. The molecule has 2 aromatic heterocycles. The number of anilines is 3. The Labute approximate surface area is 255 Å². The van der Waals surface area contributed by atoms with Gasteiger partial charge in [-0.25, -0.2) is 4.98 Å². The molecule has 41 heavy (non-hydrogen) atoms. The van der Waals surface area contributed by atoms with Crippen molar-refractivity contribution in [2.24, 2.45) is 0 Å². The summed E-state index contributed by atoms with van der Waals surface area (Å²) in [6, 6.07) is 47.6. The number of hydrogen-bond donors (Lipinski definition) is 1. The number of aromatic nitrogens is 2. The fraction of sp³-hybridized carbons (Fsp3) is 0.0556. The van der Waals surface area contributed by atoms with Crippen LogP contribution >= 0.6 is 0 Å². The summed E-state index contributed by atoms with van der Waals surface area (Å²) in [7, 11) is 0. The van der Waals surface area contributed by atoms with Crippen LogP contribution < -0.4 is 4.90 Å². The second kappa shape index (κ2) is 12.8. The molecule has 6 aromatic rings. The largest absolute Gasteiger partial charge is 0.507 e. The van der Waals surface area contributed by atoms with Gasteiger partial charge in [-0.1, -0.05) is 79.7 Å². The number of benzene rings is 4. The third-order valence-electron chi connectivity index (χ3n) is 7.03. The molecule has 2 heterocycles. The zero-order chi connectivity index (χ0) is 27.3. The van der Waals surface area contributed by atoms with Crippen molar-refractivity contribution < 1.29 is 26.2 Å². The molecule has 5 heteroatoms. The van der Waals surface area contributed by atoms with E-state index in [1.54, 1.807) is 12.3 Å². The monoisotopic (exact) mass is 713 g/mol. The molecule has 0 radical (unpaired) electrons. The minimum Gasteiger partial charge on any atom is -0.507 e.